The number of fused-ring (bicyclic) bond motifs is 1. The lowest BCUT2D eigenvalue weighted by molar-refractivity contribution is 0.0257. The fourth-order valence-electron chi connectivity index (χ4n) is 2.94. The summed E-state index contributed by atoms with van der Waals surface area (Å²) in [5, 5.41) is 4.13. The minimum Gasteiger partial charge on any atom is -0.488 e. The molecule has 26 heavy (non-hydrogen) atoms. The Bertz CT molecular complexity index is 944. The van der Waals surface area contributed by atoms with Crippen LogP contribution in [-0.4, -0.2) is 29.3 Å². The summed E-state index contributed by atoms with van der Waals surface area (Å²) in [5.74, 6) is 0.738. The lowest BCUT2D eigenvalue weighted by atomic mass is 10.1. The maximum absolute atomic E-state index is 13.8. The molecule has 0 amide bonds. The molecule has 4 rings (SSSR count). The Hall–Kier alpha value is -1.96. The molecule has 2 aromatic heterocycles. The van der Waals surface area contributed by atoms with Gasteiger partial charge in [-0.3, -0.25) is 0 Å². The molecule has 0 aliphatic carbocycles. The highest BCUT2D eigenvalue weighted by atomic mass is 35.5. The van der Waals surface area contributed by atoms with Crippen molar-refractivity contribution in [1.29, 1.82) is 0 Å². The highest BCUT2D eigenvalue weighted by Gasteiger charge is 2.19. The predicted octanol–water partition coefficient (Wildman–Crippen LogP) is 5.09. The van der Waals surface area contributed by atoms with E-state index in [0.29, 0.717) is 34.8 Å². The highest BCUT2D eigenvalue weighted by molar-refractivity contribution is 7.22. The topological polar surface area (TPSA) is 56.3 Å². The van der Waals surface area contributed by atoms with E-state index in [1.807, 2.05) is 6.92 Å². The first-order valence-corrected chi connectivity index (χ1v) is 9.52. The molecule has 0 bridgehead atoms. The van der Waals surface area contributed by atoms with E-state index in [0.717, 1.165) is 28.6 Å². The van der Waals surface area contributed by atoms with Crippen LogP contribution in [-0.2, 0) is 4.74 Å². The Morgan fingerprint density at radius 3 is 2.92 bits per heavy atom. The number of nitrogens with one attached hydrogen (secondary N) is 1. The fourth-order valence-corrected chi connectivity index (χ4v) is 4.13. The molecule has 136 valence electrons. The van der Waals surface area contributed by atoms with Gasteiger partial charge in [0.1, 0.15) is 34.6 Å². The Morgan fingerprint density at radius 2 is 2.12 bits per heavy atom. The van der Waals surface area contributed by atoms with Gasteiger partial charge in [-0.05, 0) is 24.6 Å². The molecule has 1 N–H and O–H groups in total. The Morgan fingerprint density at radius 1 is 1.31 bits per heavy atom. The van der Waals surface area contributed by atoms with Gasteiger partial charge in [0.25, 0.3) is 0 Å². The minimum absolute atomic E-state index is 0.00819. The first-order valence-electron chi connectivity index (χ1n) is 8.32. The standard InChI is InChI=1S/C18H17ClFN3O2S/c1-10-15-17(21-9-22-18(15)26-16(10)19)23-13-3-2-11(20)8-14(13)25-12-4-6-24-7-5-12/h2-3,8-9,12H,4-7H2,1H3,(H,21,22,23). The van der Waals surface area contributed by atoms with Gasteiger partial charge in [-0.25, -0.2) is 14.4 Å². The third kappa shape index (κ3) is 3.47. The van der Waals surface area contributed by atoms with E-state index in [1.54, 1.807) is 6.07 Å². The number of anilines is 2. The molecular weight excluding hydrogens is 377 g/mol. The van der Waals surface area contributed by atoms with Crippen LogP contribution in [0.15, 0.2) is 24.5 Å². The molecular formula is C18H17ClFN3O2S. The predicted molar refractivity (Wildman–Crippen MR) is 101 cm³/mol. The van der Waals surface area contributed by atoms with Crippen molar-refractivity contribution in [3.8, 4) is 5.75 Å². The maximum atomic E-state index is 13.8. The number of benzene rings is 1. The van der Waals surface area contributed by atoms with Crippen LogP contribution in [0.4, 0.5) is 15.9 Å². The molecule has 0 saturated carbocycles. The third-order valence-electron chi connectivity index (χ3n) is 4.33. The zero-order valence-electron chi connectivity index (χ0n) is 14.1. The summed E-state index contributed by atoms with van der Waals surface area (Å²) in [6.45, 7) is 3.24. The molecule has 0 unspecified atom stereocenters. The molecule has 5 nitrogen and oxygen atoms in total. The Labute approximate surface area is 159 Å². The second-order valence-corrected chi connectivity index (χ2v) is 7.70. The van der Waals surface area contributed by atoms with Crippen LogP contribution in [0, 0.1) is 12.7 Å². The molecule has 0 radical (unpaired) electrons. The maximum Gasteiger partial charge on any atom is 0.146 e. The molecule has 0 atom stereocenters. The van der Waals surface area contributed by atoms with Crippen LogP contribution in [0.3, 0.4) is 0 Å². The number of hydrogen-bond donors (Lipinski definition) is 1. The molecule has 0 spiro atoms. The van der Waals surface area contributed by atoms with Crippen molar-refractivity contribution in [3.05, 3.63) is 40.2 Å². The number of aromatic nitrogens is 2. The molecule has 1 aliphatic rings. The van der Waals surface area contributed by atoms with Crippen molar-refractivity contribution in [3.63, 3.8) is 0 Å². The van der Waals surface area contributed by atoms with Gasteiger partial charge >= 0.3 is 0 Å². The fraction of sp³-hybridized carbons (Fsp3) is 0.333. The van der Waals surface area contributed by atoms with Crippen molar-refractivity contribution in [1.82, 2.24) is 9.97 Å². The van der Waals surface area contributed by atoms with Gasteiger partial charge in [0, 0.05) is 18.9 Å². The van der Waals surface area contributed by atoms with E-state index in [2.05, 4.69) is 15.3 Å². The number of nitrogens with zero attached hydrogens (tertiary/aromatic N) is 2. The quantitative estimate of drug-likeness (QED) is 0.668. The number of halogens is 2. The number of thiophene rings is 1. The number of rotatable bonds is 4. The summed E-state index contributed by atoms with van der Waals surface area (Å²) >= 11 is 7.65. The highest BCUT2D eigenvalue weighted by Crippen LogP contribution is 2.38. The van der Waals surface area contributed by atoms with E-state index in [4.69, 9.17) is 21.1 Å². The Balaban J connectivity index is 1.68. The summed E-state index contributed by atoms with van der Waals surface area (Å²) in [6.07, 6.45) is 3.06. The number of hydrogen-bond acceptors (Lipinski definition) is 6. The van der Waals surface area contributed by atoms with Crippen LogP contribution in [0.5, 0.6) is 5.75 Å². The van der Waals surface area contributed by atoms with Gasteiger partial charge in [0.05, 0.1) is 28.6 Å². The smallest absolute Gasteiger partial charge is 0.146 e. The van der Waals surface area contributed by atoms with Crippen molar-refractivity contribution >= 4 is 44.7 Å². The van der Waals surface area contributed by atoms with Gasteiger partial charge in [0.2, 0.25) is 0 Å². The monoisotopic (exact) mass is 393 g/mol. The molecule has 1 aliphatic heterocycles. The van der Waals surface area contributed by atoms with E-state index >= 15 is 0 Å². The molecule has 3 aromatic rings. The lowest BCUT2D eigenvalue weighted by Gasteiger charge is -2.24. The van der Waals surface area contributed by atoms with E-state index in [-0.39, 0.29) is 11.9 Å². The third-order valence-corrected chi connectivity index (χ3v) is 5.83. The van der Waals surface area contributed by atoms with Crippen LogP contribution >= 0.6 is 22.9 Å². The summed E-state index contributed by atoms with van der Waals surface area (Å²) < 4.78 is 25.9. The largest absolute Gasteiger partial charge is 0.488 e. The van der Waals surface area contributed by atoms with Crippen molar-refractivity contribution in [2.45, 2.75) is 25.9 Å². The van der Waals surface area contributed by atoms with Crippen molar-refractivity contribution in [2.24, 2.45) is 0 Å². The Kier molecular flexibility index (Phi) is 4.93. The normalized spacial score (nSPS) is 15.3. The lowest BCUT2D eigenvalue weighted by Crippen LogP contribution is -2.26. The SMILES string of the molecule is Cc1c(Cl)sc2ncnc(Nc3ccc(F)cc3OC3CCOCC3)c12. The van der Waals surface area contributed by atoms with E-state index < -0.39 is 0 Å². The van der Waals surface area contributed by atoms with Crippen LogP contribution < -0.4 is 10.1 Å². The minimum atomic E-state index is -0.347. The average molecular weight is 394 g/mol. The summed E-state index contributed by atoms with van der Waals surface area (Å²) in [6, 6.07) is 4.44. The average Bonchev–Trinajstić information content (AvgIpc) is 2.93. The first-order chi connectivity index (χ1) is 12.6. The summed E-state index contributed by atoms with van der Waals surface area (Å²) in [4.78, 5) is 9.42. The van der Waals surface area contributed by atoms with Gasteiger partial charge in [0.15, 0.2) is 0 Å². The second kappa shape index (κ2) is 7.34. The van der Waals surface area contributed by atoms with E-state index in [1.165, 1.54) is 29.8 Å². The second-order valence-electron chi connectivity index (χ2n) is 6.10. The van der Waals surface area contributed by atoms with Gasteiger partial charge in [-0.2, -0.15) is 0 Å². The van der Waals surface area contributed by atoms with Crippen LogP contribution in [0.2, 0.25) is 4.34 Å². The number of aryl methyl sites for hydroxylation is 1. The van der Waals surface area contributed by atoms with Crippen LogP contribution in [0.25, 0.3) is 10.2 Å². The van der Waals surface area contributed by atoms with Gasteiger partial charge in [-0.1, -0.05) is 11.6 Å². The summed E-state index contributed by atoms with van der Waals surface area (Å²) in [5.41, 5.74) is 1.57. The zero-order valence-corrected chi connectivity index (χ0v) is 15.7. The number of ether oxygens (including phenoxy) is 2. The van der Waals surface area contributed by atoms with Crippen LogP contribution in [0.1, 0.15) is 18.4 Å². The molecule has 1 aromatic carbocycles. The summed E-state index contributed by atoms with van der Waals surface area (Å²) in [7, 11) is 0. The van der Waals surface area contributed by atoms with E-state index in [9.17, 15) is 4.39 Å². The molecule has 3 heterocycles. The van der Waals surface area contributed by atoms with Crippen molar-refractivity contribution < 1.29 is 13.9 Å². The molecule has 1 saturated heterocycles. The first kappa shape index (κ1) is 17.5. The molecule has 1 fully saturated rings. The zero-order chi connectivity index (χ0) is 18.1. The van der Waals surface area contributed by atoms with Crippen molar-refractivity contribution in [2.75, 3.05) is 18.5 Å². The van der Waals surface area contributed by atoms with Gasteiger partial charge in [-0.15, -0.1) is 11.3 Å². The van der Waals surface area contributed by atoms with Gasteiger partial charge < -0.3 is 14.8 Å². The molecule has 8 heteroatoms.